The van der Waals surface area contributed by atoms with Crippen LogP contribution in [0.15, 0.2) is 48.1 Å². The Morgan fingerprint density at radius 2 is 1.92 bits per heavy atom. The van der Waals surface area contributed by atoms with Crippen LogP contribution < -0.4 is 10.8 Å². The molecule has 1 aliphatic carbocycles. The number of morpholine rings is 1. The number of carbonyl (C=O) groups is 3. The molecule has 3 atom stereocenters. The first kappa shape index (κ1) is 28.3. The summed E-state index contributed by atoms with van der Waals surface area (Å²) in [4.78, 5) is 39.6. The first-order chi connectivity index (χ1) is 17.7. The molecule has 1 aromatic carbocycles. The van der Waals surface area contributed by atoms with Crippen LogP contribution in [0.4, 0.5) is 0 Å². The summed E-state index contributed by atoms with van der Waals surface area (Å²) in [6.07, 6.45) is 6.21. The van der Waals surface area contributed by atoms with Gasteiger partial charge in [-0.25, -0.2) is 5.48 Å². The predicted molar refractivity (Wildman–Crippen MR) is 140 cm³/mol. The number of nitrogens with one attached hydrogen (secondary N) is 2. The Balaban J connectivity index is 1.55. The van der Waals surface area contributed by atoms with Crippen molar-refractivity contribution in [2.24, 2.45) is 17.3 Å². The minimum absolute atomic E-state index is 0.0178. The fourth-order valence-corrected chi connectivity index (χ4v) is 4.79. The molecule has 1 unspecified atom stereocenters. The number of hydrogen-bond donors (Lipinski definition) is 3. The van der Waals surface area contributed by atoms with Gasteiger partial charge in [0.2, 0.25) is 11.8 Å². The van der Waals surface area contributed by atoms with Crippen molar-refractivity contribution in [1.82, 2.24) is 15.7 Å². The summed E-state index contributed by atoms with van der Waals surface area (Å²) in [6, 6.07) is 8.32. The molecule has 0 aromatic heterocycles. The second-order valence-electron chi connectivity index (χ2n) is 10.0. The lowest BCUT2D eigenvalue weighted by atomic mass is 9.75. The van der Waals surface area contributed by atoms with Gasteiger partial charge in [-0.2, -0.15) is 0 Å². The van der Waals surface area contributed by atoms with Crippen molar-refractivity contribution in [1.29, 1.82) is 0 Å². The molecule has 1 aliphatic heterocycles. The van der Waals surface area contributed by atoms with E-state index in [0.29, 0.717) is 12.0 Å². The number of benzene rings is 1. The number of allylic oxidation sites excluding steroid dienone is 4. The van der Waals surface area contributed by atoms with Crippen LogP contribution in [0.5, 0.6) is 0 Å². The zero-order valence-electron chi connectivity index (χ0n) is 21.9. The second-order valence-corrected chi connectivity index (χ2v) is 10.0. The van der Waals surface area contributed by atoms with Gasteiger partial charge in [0.05, 0.1) is 18.6 Å². The van der Waals surface area contributed by atoms with E-state index < -0.39 is 17.2 Å². The van der Waals surface area contributed by atoms with Crippen molar-refractivity contribution in [3.63, 3.8) is 0 Å². The fraction of sp³-hybridized carbons (Fsp3) is 0.483. The molecule has 8 nitrogen and oxygen atoms in total. The number of Topliss-reactive ketones (excluding diaryl/α,β-unsaturated/α-hetero) is 1. The maximum Gasteiger partial charge on any atom is 0.244 e. The van der Waals surface area contributed by atoms with Gasteiger partial charge >= 0.3 is 0 Å². The molecule has 2 amide bonds. The average Bonchev–Trinajstić information content (AvgIpc) is 2.92. The molecule has 1 saturated heterocycles. The molecule has 2 aliphatic rings. The van der Waals surface area contributed by atoms with Gasteiger partial charge in [-0.1, -0.05) is 56.0 Å². The molecule has 8 heteroatoms. The molecule has 3 N–H and O–H groups in total. The number of rotatable bonds is 9. The van der Waals surface area contributed by atoms with Crippen LogP contribution in [0, 0.1) is 29.1 Å². The lowest BCUT2D eigenvalue weighted by Crippen LogP contribution is -2.42. The van der Waals surface area contributed by atoms with Gasteiger partial charge in [0, 0.05) is 56.1 Å². The fourth-order valence-electron chi connectivity index (χ4n) is 4.79. The van der Waals surface area contributed by atoms with Crippen molar-refractivity contribution in [3.8, 4) is 11.8 Å². The van der Waals surface area contributed by atoms with E-state index >= 15 is 0 Å². The van der Waals surface area contributed by atoms with Crippen LogP contribution in [0.2, 0.25) is 0 Å². The second kappa shape index (κ2) is 13.3. The van der Waals surface area contributed by atoms with Gasteiger partial charge in [-0.3, -0.25) is 24.5 Å². The number of ether oxygens (including phenoxy) is 1. The van der Waals surface area contributed by atoms with Crippen LogP contribution >= 0.6 is 0 Å². The summed E-state index contributed by atoms with van der Waals surface area (Å²) in [5, 5.41) is 11.4. The lowest BCUT2D eigenvalue weighted by molar-refractivity contribution is -0.140. The Hall–Kier alpha value is -3.25. The summed E-state index contributed by atoms with van der Waals surface area (Å²) in [6.45, 7) is 7.79. The smallest absolute Gasteiger partial charge is 0.244 e. The first-order valence-corrected chi connectivity index (χ1v) is 12.7. The molecule has 0 saturated carbocycles. The van der Waals surface area contributed by atoms with Crippen LogP contribution in [0.1, 0.15) is 44.2 Å². The molecule has 0 spiro atoms. The summed E-state index contributed by atoms with van der Waals surface area (Å²) in [5.41, 5.74) is 3.25. The summed E-state index contributed by atoms with van der Waals surface area (Å²) in [5.74, 6) is 4.94. The number of hydroxylamine groups is 1. The minimum Gasteiger partial charge on any atom is -0.379 e. The number of hydrogen-bond acceptors (Lipinski definition) is 6. The minimum atomic E-state index is -1.12. The topological polar surface area (TPSA) is 108 Å². The van der Waals surface area contributed by atoms with Crippen LogP contribution in [-0.4, -0.2) is 61.1 Å². The molecule has 37 heavy (non-hydrogen) atoms. The van der Waals surface area contributed by atoms with Gasteiger partial charge in [-0.05, 0) is 30.5 Å². The van der Waals surface area contributed by atoms with Gasteiger partial charge in [0.15, 0.2) is 5.78 Å². The third-order valence-electron chi connectivity index (χ3n) is 6.90. The summed E-state index contributed by atoms with van der Waals surface area (Å²) < 4.78 is 5.40. The monoisotopic (exact) mass is 507 g/mol. The normalized spacial score (nSPS) is 20.0. The third kappa shape index (κ3) is 8.12. The molecule has 1 heterocycles. The Bertz CT molecular complexity index is 1090. The van der Waals surface area contributed by atoms with Crippen LogP contribution in [-0.2, 0) is 25.7 Å². The van der Waals surface area contributed by atoms with E-state index in [-0.39, 0.29) is 30.4 Å². The van der Waals surface area contributed by atoms with E-state index in [4.69, 9.17) is 9.94 Å². The number of ketones is 1. The Kier molecular flexibility index (Phi) is 10.2. The third-order valence-corrected chi connectivity index (χ3v) is 6.90. The van der Waals surface area contributed by atoms with E-state index in [0.717, 1.165) is 38.4 Å². The van der Waals surface area contributed by atoms with Gasteiger partial charge in [0.1, 0.15) is 0 Å². The van der Waals surface area contributed by atoms with Gasteiger partial charge in [0.25, 0.3) is 0 Å². The first-order valence-electron chi connectivity index (χ1n) is 12.7. The maximum atomic E-state index is 13.1. The van der Waals surface area contributed by atoms with Crippen LogP contribution in [0.25, 0.3) is 0 Å². The maximum absolute atomic E-state index is 13.1. The molecule has 1 aromatic rings. The zero-order chi connectivity index (χ0) is 26.8. The van der Waals surface area contributed by atoms with Gasteiger partial charge < -0.3 is 10.1 Å². The van der Waals surface area contributed by atoms with Crippen molar-refractivity contribution in [2.45, 2.75) is 39.7 Å². The number of carbonyl (C=O) groups excluding carboxylic acids is 3. The molecule has 0 bridgehead atoms. The quantitative estimate of drug-likeness (QED) is 0.269. The SMILES string of the molecule is CNC(=O)[C@@](C)(CC(=O)NO)CC(C)C(=O)C1=CC[C@@H](C#Cc2ccc(CN3CCOCC3)cc2)C=C1. The van der Waals surface area contributed by atoms with E-state index in [2.05, 4.69) is 34.2 Å². The predicted octanol–water partition coefficient (Wildman–Crippen LogP) is 2.62. The van der Waals surface area contributed by atoms with E-state index in [1.54, 1.807) is 25.4 Å². The Labute approximate surface area is 219 Å². The molecule has 1 fully saturated rings. The highest BCUT2D eigenvalue weighted by Crippen LogP contribution is 2.32. The van der Waals surface area contributed by atoms with E-state index in [1.807, 2.05) is 24.3 Å². The van der Waals surface area contributed by atoms with Gasteiger partial charge in [-0.15, -0.1) is 0 Å². The summed E-state index contributed by atoms with van der Waals surface area (Å²) >= 11 is 0. The lowest BCUT2D eigenvalue weighted by Gasteiger charge is -2.29. The highest BCUT2D eigenvalue weighted by atomic mass is 16.5. The molecular weight excluding hydrogens is 470 g/mol. The Morgan fingerprint density at radius 1 is 1.22 bits per heavy atom. The largest absolute Gasteiger partial charge is 0.379 e. The van der Waals surface area contributed by atoms with E-state index in [9.17, 15) is 14.4 Å². The molecule has 198 valence electrons. The van der Waals surface area contributed by atoms with Crippen molar-refractivity contribution < 1.29 is 24.3 Å². The molecule has 0 radical (unpaired) electrons. The average molecular weight is 508 g/mol. The highest BCUT2D eigenvalue weighted by Gasteiger charge is 2.38. The Morgan fingerprint density at radius 3 is 2.51 bits per heavy atom. The molecular formula is C29H37N3O5. The van der Waals surface area contributed by atoms with E-state index in [1.165, 1.54) is 12.6 Å². The highest BCUT2D eigenvalue weighted by molar-refractivity contribution is 6.00. The van der Waals surface area contributed by atoms with Crippen LogP contribution in [0.3, 0.4) is 0 Å². The van der Waals surface area contributed by atoms with Crippen molar-refractivity contribution >= 4 is 17.6 Å². The standard InChI is InChI=1S/C29H37N3O5/c1-21(18-29(2,28(35)30-3)19-26(33)31-36)27(34)25-12-10-23(11-13-25)5-4-22-6-8-24(9-7-22)20-32-14-16-37-17-15-32/h6-10,12-13,21,23,36H,11,14-20H2,1-3H3,(H,30,35)(H,31,33)/t21?,23-,29+/m0/s1. The van der Waals surface area contributed by atoms with Crippen molar-refractivity contribution in [3.05, 3.63) is 59.2 Å². The molecule has 3 rings (SSSR count). The van der Waals surface area contributed by atoms with Crippen molar-refractivity contribution in [2.75, 3.05) is 33.4 Å². The zero-order valence-corrected chi connectivity index (χ0v) is 21.9. The summed E-state index contributed by atoms with van der Waals surface area (Å²) in [7, 11) is 1.48. The number of nitrogens with zero attached hydrogens (tertiary/aromatic N) is 1. The number of amides is 2.